The van der Waals surface area contributed by atoms with Crippen LogP contribution in [0.15, 0.2) is 12.3 Å². The second kappa shape index (κ2) is 3.95. The van der Waals surface area contributed by atoms with Crippen molar-refractivity contribution in [3.05, 3.63) is 27.9 Å². The number of aromatic nitrogens is 1. The van der Waals surface area contributed by atoms with Crippen molar-refractivity contribution < 1.29 is 18.4 Å². The molecule has 1 aromatic heterocycles. The molecule has 5 nitrogen and oxygen atoms in total. The number of ether oxygens (including phenoxy) is 1. The Balaban J connectivity index is 3.20. The molecule has 0 spiro atoms. The van der Waals surface area contributed by atoms with Gasteiger partial charge < -0.3 is 14.9 Å². The van der Waals surface area contributed by atoms with Crippen molar-refractivity contribution in [1.82, 2.24) is 4.98 Å². The predicted molar refractivity (Wildman–Crippen MR) is 42.4 cm³/mol. The Labute approximate surface area is 77.5 Å². The van der Waals surface area contributed by atoms with E-state index in [-0.39, 0.29) is 5.75 Å². The van der Waals surface area contributed by atoms with Crippen LogP contribution in [0.5, 0.6) is 5.75 Å². The van der Waals surface area contributed by atoms with E-state index >= 15 is 0 Å². The summed E-state index contributed by atoms with van der Waals surface area (Å²) in [6.07, 6.45) is -1.92. The molecule has 7 heteroatoms. The van der Waals surface area contributed by atoms with E-state index in [2.05, 4.69) is 9.72 Å². The van der Waals surface area contributed by atoms with Crippen LogP contribution in [0.25, 0.3) is 0 Å². The standard InChI is InChI=1S/C7H6F2N2O3/c1-14-5-3-10-6(11(12)13)2-4(5)7(8)9/h2-3,7H,1H3. The van der Waals surface area contributed by atoms with E-state index in [0.29, 0.717) is 6.07 Å². The van der Waals surface area contributed by atoms with Gasteiger partial charge in [0.25, 0.3) is 6.43 Å². The molecule has 1 heterocycles. The fourth-order valence-corrected chi connectivity index (χ4v) is 0.888. The van der Waals surface area contributed by atoms with Crippen LogP contribution in [0.2, 0.25) is 0 Å². The van der Waals surface area contributed by atoms with Gasteiger partial charge in [0, 0.05) is 6.07 Å². The van der Waals surface area contributed by atoms with Gasteiger partial charge in [0.1, 0.15) is 0 Å². The molecule has 0 saturated heterocycles. The smallest absolute Gasteiger partial charge is 0.364 e. The van der Waals surface area contributed by atoms with Crippen LogP contribution >= 0.6 is 0 Å². The van der Waals surface area contributed by atoms with E-state index in [0.717, 1.165) is 6.20 Å². The molecule has 0 saturated carbocycles. The molecule has 0 bridgehead atoms. The number of pyridine rings is 1. The Morgan fingerprint density at radius 3 is 2.71 bits per heavy atom. The summed E-state index contributed by atoms with van der Waals surface area (Å²) in [4.78, 5) is 12.7. The van der Waals surface area contributed by atoms with Gasteiger partial charge in [0.15, 0.2) is 11.9 Å². The first-order valence-electron chi connectivity index (χ1n) is 3.52. The zero-order chi connectivity index (χ0) is 10.7. The molecular weight excluding hydrogens is 198 g/mol. The largest absolute Gasteiger partial charge is 0.492 e. The second-order valence-electron chi connectivity index (χ2n) is 2.34. The summed E-state index contributed by atoms with van der Waals surface area (Å²) in [6.45, 7) is 0. The normalized spacial score (nSPS) is 10.3. The van der Waals surface area contributed by atoms with Gasteiger partial charge in [0.05, 0.1) is 12.7 Å². The van der Waals surface area contributed by atoms with Crippen molar-refractivity contribution >= 4 is 5.82 Å². The van der Waals surface area contributed by atoms with Gasteiger partial charge in [-0.05, 0) is 9.91 Å². The van der Waals surface area contributed by atoms with Gasteiger partial charge in [-0.2, -0.15) is 0 Å². The molecule has 1 aromatic rings. The van der Waals surface area contributed by atoms with Gasteiger partial charge in [-0.1, -0.05) is 0 Å². The maximum atomic E-state index is 12.3. The summed E-state index contributed by atoms with van der Waals surface area (Å²) in [6, 6.07) is 0.698. The van der Waals surface area contributed by atoms with Crippen LogP contribution in [-0.2, 0) is 0 Å². The first-order valence-corrected chi connectivity index (χ1v) is 3.52. The zero-order valence-electron chi connectivity index (χ0n) is 7.11. The fraction of sp³-hybridized carbons (Fsp3) is 0.286. The maximum absolute atomic E-state index is 12.3. The van der Waals surface area contributed by atoms with Crippen LogP contribution in [0, 0.1) is 10.1 Å². The monoisotopic (exact) mass is 204 g/mol. The molecule has 1 rings (SSSR count). The lowest BCUT2D eigenvalue weighted by atomic mass is 10.2. The molecule has 0 radical (unpaired) electrons. The molecule has 0 atom stereocenters. The third-order valence-electron chi connectivity index (χ3n) is 1.53. The Bertz CT molecular complexity index is 357. The summed E-state index contributed by atoms with van der Waals surface area (Å²) in [7, 11) is 1.19. The molecule has 0 unspecified atom stereocenters. The third kappa shape index (κ3) is 1.93. The molecular formula is C7H6F2N2O3. The minimum absolute atomic E-state index is 0.161. The van der Waals surface area contributed by atoms with Crippen molar-refractivity contribution in [2.45, 2.75) is 6.43 Å². The lowest BCUT2D eigenvalue weighted by Crippen LogP contribution is -1.98. The topological polar surface area (TPSA) is 65.3 Å². The minimum Gasteiger partial charge on any atom is -0.492 e. The Kier molecular flexibility index (Phi) is 2.90. The second-order valence-corrected chi connectivity index (χ2v) is 2.34. The van der Waals surface area contributed by atoms with Gasteiger partial charge in [-0.3, -0.25) is 0 Å². The molecule has 76 valence electrons. The summed E-state index contributed by atoms with van der Waals surface area (Å²) < 4.78 is 29.2. The highest BCUT2D eigenvalue weighted by atomic mass is 19.3. The maximum Gasteiger partial charge on any atom is 0.364 e. The summed E-state index contributed by atoms with van der Waals surface area (Å²) in [5.41, 5.74) is -0.533. The first kappa shape index (κ1) is 10.3. The Hall–Kier alpha value is -1.79. The van der Waals surface area contributed by atoms with Crippen LogP contribution < -0.4 is 4.74 Å². The lowest BCUT2D eigenvalue weighted by Gasteiger charge is -2.04. The molecule has 14 heavy (non-hydrogen) atoms. The average molecular weight is 204 g/mol. The van der Waals surface area contributed by atoms with Crippen molar-refractivity contribution in [1.29, 1.82) is 0 Å². The Morgan fingerprint density at radius 2 is 2.29 bits per heavy atom. The van der Waals surface area contributed by atoms with Crippen molar-refractivity contribution in [3.8, 4) is 5.75 Å². The van der Waals surface area contributed by atoms with Crippen LogP contribution in [0.4, 0.5) is 14.6 Å². The Morgan fingerprint density at radius 1 is 1.64 bits per heavy atom. The molecule has 0 amide bonds. The number of nitrogens with zero attached hydrogens (tertiary/aromatic N) is 2. The minimum atomic E-state index is -2.83. The van der Waals surface area contributed by atoms with E-state index in [9.17, 15) is 18.9 Å². The lowest BCUT2D eigenvalue weighted by molar-refractivity contribution is -0.389. The van der Waals surface area contributed by atoms with E-state index in [1.165, 1.54) is 7.11 Å². The van der Waals surface area contributed by atoms with Gasteiger partial charge in [0.2, 0.25) is 0 Å². The van der Waals surface area contributed by atoms with Crippen molar-refractivity contribution in [2.75, 3.05) is 7.11 Å². The zero-order valence-corrected chi connectivity index (χ0v) is 7.11. The molecule has 0 aromatic carbocycles. The molecule has 0 N–H and O–H groups in total. The molecule has 0 aliphatic carbocycles. The van der Waals surface area contributed by atoms with Crippen LogP contribution in [-0.4, -0.2) is 17.0 Å². The highest BCUT2D eigenvalue weighted by Crippen LogP contribution is 2.30. The summed E-state index contributed by atoms with van der Waals surface area (Å²) in [5.74, 6) is -0.785. The third-order valence-corrected chi connectivity index (χ3v) is 1.53. The molecule has 0 aliphatic heterocycles. The molecule has 0 fully saturated rings. The number of hydrogen-bond acceptors (Lipinski definition) is 4. The van der Waals surface area contributed by atoms with Crippen molar-refractivity contribution in [3.63, 3.8) is 0 Å². The van der Waals surface area contributed by atoms with Gasteiger partial charge >= 0.3 is 5.82 Å². The van der Waals surface area contributed by atoms with Gasteiger partial charge in [-0.25, -0.2) is 8.78 Å². The summed E-state index contributed by atoms with van der Waals surface area (Å²) in [5, 5.41) is 10.2. The number of nitro groups is 1. The summed E-state index contributed by atoms with van der Waals surface area (Å²) >= 11 is 0. The number of hydrogen-bond donors (Lipinski definition) is 0. The van der Waals surface area contributed by atoms with E-state index < -0.39 is 22.7 Å². The number of methoxy groups -OCH3 is 1. The fourth-order valence-electron chi connectivity index (χ4n) is 0.888. The predicted octanol–water partition coefficient (Wildman–Crippen LogP) is 1.94. The van der Waals surface area contributed by atoms with E-state index in [1.807, 2.05) is 0 Å². The van der Waals surface area contributed by atoms with Crippen LogP contribution in [0.1, 0.15) is 12.0 Å². The average Bonchev–Trinajstić information content (AvgIpc) is 2.16. The van der Waals surface area contributed by atoms with Crippen molar-refractivity contribution in [2.24, 2.45) is 0 Å². The number of halogens is 2. The first-order chi connectivity index (χ1) is 6.56. The van der Waals surface area contributed by atoms with Gasteiger partial charge in [-0.15, -0.1) is 0 Å². The quantitative estimate of drug-likeness (QED) is 0.557. The van der Waals surface area contributed by atoms with E-state index in [1.54, 1.807) is 0 Å². The highest BCUT2D eigenvalue weighted by molar-refractivity contribution is 5.38. The SMILES string of the molecule is COc1cnc([N+](=O)[O-])cc1C(F)F. The van der Waals surface area contributed by atoms with E-state index in [4.69, 9.17) is 0 Å². The number of rotatable bonds is 3. The number of alkyl halides is 2. The molecule has 0 aliphatic rings. The highest BCUT2D eigenvalue weighted by Gasteiger charge is 2.20. The van der Waals surface area contributed by atoms with Crippen LogP contribution in [0.3, 0.4) is 0 Å².